The van der Waals surface area contributed by atoms with E-state index in [0.29, 0.717) is 0 Å². The molecule has 0 saturated heterocycles. The Bertz CT molecular complexity index is 98.6. The van der Waals surface area contributed by atoms with Crippen LogP contribution in [0.2, 0.25) is 0 Å². The van der Waals surface area contributed by atoms with Crippen molar-refractivity contribution < 1.29 is 0 Å². The highest BCUT2D eigenvalue weighted by Crippen LogP contribution is 2.07. The molecule has 0 heterocycles. The van der Waals surface area contributed by atoms with Crippen LogP contribution in [0.4, 0.5) is 0 Å². The van der Waals surface area contributed by atoms with Gasteiger partial charge >= 0.3 is 0 Å². The zero-order valence-electron chi connectivity index (χ0n) is 5.14. The minimum Gasteiger partial charge on any atom is -0.379 e. The van der Waals surface area contributed by atoms with Crippen LogP contribution in [0.1, 0.15) is 0 Å². The SMILES string of the molecule is C=C(/N=C\NC)SC. The molecule has 0 aromatic rings. The van der Waals surface area contributed by atoms with Gasteiger partial charge in [0.1, 0.15) is 0 Å². The van der Waals surface area contributed by atoms with Crippen LogP contribution in [0, 0.1) is 0 Å². The van der Waals surface area contributed by atoms with Gasteiger partial charge in [-0.1, -0.05) is 6.58 Å². The van der Waals surface area contributed by atoms with Crippen molar-refractivity contribution in [2.45, 2.75) is 0 Å². The molecule has 8 heavy (non-hydrogen) atoms. The van der Waals surface area contributed by atoms with Crippen molar-refractivity contribution in [1.29, 1.82) is 0 Å². The fraction of sp³-hybridized carbons (Fsp3) is 0.400. The summed E-state index contributed by atoms with van der Waals surface area (Å²) >= 11 is 1.53. The summed E-state index contributed by atoms with van der Waals surface area (Å²) in [7, 11) is 1.80. The summed E-state index contributed by atoms with van der Waals surface area (Å²) in [6, 6.07) is 0. The van der Waals surface area contributed by atoms with Crippen LogP contribution in [0.3, 0.4) is 0 Å². The minimum absolute atomic E-state index is 0.819. The predicted molar refractivity (Wildman–Crippen MR) is 40.2 cm³/mol. The number of rotatable bonds is 3. The standard InChI is InChI=1S/C5H10N2S/c1-5(8-3)7-4-6-2/h4H,1H2,2-3H3,(H,6,7). The average Bonchev–Trinajstić information content (AvgIpc) is 1.83. The van der Waals surface area contributed by atoms with Crippen LogP contribution >= 0.6 is 11.8 Å². The Hall–Kier alpha value is -0.440. The number of thioether (sulfide) groups is 1. The van der Waals surface area contributed by atoms with Gasteiger partial charge in [0.25, 0.3) is 0 Å². The molecule has 0 rings (SSSR count). The smallest absolute Gasteiger partial charge is 0.0902 e. The normalized spacial score (nSPS) is 9.75. The van der Waals surface area contributed by atoms with Gasteiger partial charge in [-0.15, -0.1) is 11.8 Å². The Morgan fingerprint density at radius 3 is 2.88 bits per heavy atom. The molecule has 0 aliphatic carbocycles. The first-order valence-electron chi connectivity index (χ1n) is 2.24. The van der Waals surface area contributed by atoms with Crippen molar-refractivity contribution in [2.75, 3.05) is 13.3 Å². The maximum absolute atomic E-state index is 3.89. The van der Waals surface area contributed by atoms with E-state index < -0.39 is 0 Å². The van der Waals surface area contributed by atoms with Gasteiger partial charge in [-0.2, -0.15) is 0 Å². The second-order valence-corrected chi connectivity index (χ2v) is 2.02. The maximum atomic E-state index is 3.89. The van der Waals surface area contributed by atoms with Crippen molar-refractivity contribution in [1.82, 2.24) is 5.32 Å². The monoisotopic (exact) mass is 130 g/mol. The first kappa shape index (κ1) is 7.56. The zero-order chi connectivity index (χ0) is 6.41. The van der Waals surface area contributed by atoms with Crippen LogP contribution in [-0.4, -0.2) is 19.6 Å². The molecule has 0 saturated carbocycles. The van der Waals surface area contributed by atoms with Crippen molar-refractivity contribution >= 4 is 18.1 Å². The van der Waals surface area contributed by atoms with E-state index in [2.05, 4.69) is 16.9 Å². The number of nitrogens with zero attached hydrogens (tertiary/aromatic N) is 1. The summed E-state index contributed by atoms with van der Waals surface area (Å²) in [5, 5.41) is 3.59. The lowest BCUT2D eigenvalue weighted by Crippen LogP contribution is -1.99. The Balaban J connectivity index is 3.37. The van der Waals surface area contributed by atoms with Gasteiger partial charge < -0.3 is 5.32 Å². The van der Waals surface area contributed by atoms with Gasteiger partial charge in [0, 0.05) is 7.05 Å². The molecule has 0 bridgehead atoms. The quantitative estimate of drug-likeness (QED) is 0.456. The molecule has 0 unspecified atom stereocenters. The fourth-order valence-corrected chi connectivity index (χ4v) is 0.347. The van der Waals surface area contributed by atoms with Crippen LogP contribution in [0.25, 0.3) is 0 Å². The molecule has 0 aromatic carbocycles. The van der Waals surface area contributed by atoms with E-state index in [1.807, 2.05) is 6.26 Å². The first-order valence-corrected chi connectivity index (χ1v) is 3.46. The van der Waals surface area contributed by atoms with E-state index in [-0.39, 0.29) is 0 Å². The van der Waals surface area contributed by atoms with Gasteiger partial charge in [0.2, 0.25) is 0 Å². The largest absolute Gasteiger partial charge is 0.379 e. The molecule has 0 spiro atoms. The average molecular weight is 130 g/mol. The summed E-state index contributed by atoms with van der Waals surface area (Å²) in [5.74, 6) is 0. The predicted octanol–water partition coefficient (Wildman–Crippen LogP) is 1.07. The summed E-state index contributed by atoms with van der Waals surface area (Å²) in [6.07, 6.45) is 3.55. The zero-order valence-corrected chi connectivity index (χ0v) is 5.96. The van der Waals surface area contributed by atoms with Crippen LogP contribution in [0.5, 0.6) is 0 Å². The summed E-state index contributed by atoms with van der Waals surface area (Å²) in [6.45, 7) is 3.64. The van der Waals surface area contributed by atoms with E-state index in [9.17, 15) is 0 Å². The molecule has 0 fully saturated rings. The van der Waals surface area contributed by atoms with E-state index in [1.165, 1.54) is 11.8 Å². The van der Waals surface area contributed by atoms with Crippen molar-refractivity contribution in [3.63, 3.8) is 0 Å². The topological polar surface area (TPSA) is 24.4 Å². The molecular formula is C5H10N2S. The fourth-order valence-electron chi connectivity index (χ4n) is 0.189. The Kier molecular flexibility index (Phi) is 4.45. The van der Waals surface area contributed by atoms with E-state index in [0.717, 1.165) is 5.03 Å². The third-order valence-corrected chi connectivity index (χ3v) is 1.15. The maximum Gasteiger partial charge on any atom is 0.0902 e. The highest BCUT2D eigenvalue weighted by molar-refractivity contribution is 8.02. The molecular weight excluding hydrogens is 120 g/mol. The lowest BCUT2D eigenvalue weighted by Gasteiger charge is -1.88. The third kappa shape index (κ3) is 3.74. The van der Waals surface area contributed by atoms with E-state index in [4.69, 9.17) is 0 Å². The van der Waals surface area contributed by atoms with Gasteiger partial charge in [0.15, 0.2) is 0 Å². The molecule has 0 radical (unpaired) electrons. The van der Waals surface area contributed by atoms with Crippen molar-refractivity contribution in [3.05, 3.63) is 11.6 Å². The van der Waals surface area contributed by atoms with Crippen LogP contribution in [-0.2, 0) is 0 Å². The molecule has 3 heteroatoms. The second-order valence-electron chi connectivity index (χ2n) is 1.14. The second kappa shape index (κ2) is 4.71. The Morgan fingerprint density at radius 2 is 2.50 bits per heavy atom. The molecule has 2 nitrogen and oxygen atoms in total. The molecule has 0 amide bonds. The number of hydrogen-bond donors (Lipinski definition) is 1. The lowest BCUT2D eigenvalue weighted by molar-refractivity contribution is 1.20. The summed E-state index contributed by atoms with van der Waals surface area (Å²) in [5.41, 5.74) is 0. The molecule has 0 aliphatic heterocycles. The highest BCUT2D eigenvalue weighted by Gasteiger charge is 1.78. The molecule has 46 valence electrons. The van der Waals surface area contributed by atoms with Gasteiger partial charge in [-0.3, -0.25) is 0 Å². The third-order valence-electron chi connectivity index (χ3n) is 0.573. The molecule has 0 aromatic heterocycles. The molecule has 0 atom stereocenters. The number of aliphatic imine (C=N–C) groups is 1. The first-order chi connectivity index (χ1) is 3.81. The van der Waals surface area contributed by atoms with Crippen molar-refractivity contribution in [2.24, 2.45) is 4.99 Å². The highest BCUT2D eigenvalue weighted by atomic mass is 32.2. The number of nitrogens with one attached hydrogen (secondary N) is 1. The van der Waals surface area contributed by atoms with Gasteiger partial charge in [-0.25, -0.2) is 4.99 Å². The van der Waals surface area contributed by atoms with Gasteiger partial charge in [0.05, 0.1) is 11.4 Å². The minimum atomic E-state index is 0.819. The Labute approximate surface area is 54.1 Å². The van der Waals surface area contributed by atoms with E-state index in [1.54, 1.807) is 13.4 Å². The van der Waals surface area contributed by atoms with Crippen LogP contribution < -0.4 is 5.32 Å². The number of hydrogen-bond acceptors (Lipinski definition) is 2. The van der Waals surface area contributed by atoms with Gasteiger partial charge in [-0.05, 0) is 6.26 Å². The molecule has 0 aliphatic rings. The van der Waals surface area contributed by atoms with Crippen molar-refractivity contribution in [3.8, 4) is 0 Å². The molecule has 1 N–H and O–H groups in total. The summed E-state index contributed by atoms with van der Waals surface area (Å²) < 4.78 is 0. The van der Waals surface area contributed by atoms with E-state index >= 15 is 0 Å². The lowest BCUT2D eigenvalue weighted by atomic mass is 11.0. The van der Waals surface area contributed by atoms with Crippen LogP contribution in [0.15, 0.2) is 16.6 Å². The summed E-state index contributed by atoms with van der Waals surface area (Å²) in [4.78, 5) is 3.89. The Morgan fingerprint density at radius 1 is 1.88 bits per heavy atom.